The van der Waals surface area contributed by atoms with Gasteiger partial charge in [-0.3, -0.25) is 28.8 Å². The van der Waals surface area contributed by atoms with Gasteiger partial charge in [-0.25, -0.2) is 0 Å². The average molecular weight is 422 g/mol. The van der Waals surface area contributed by atoms with Gasteiger partial charge in [-0.15, -0.1) is 0 Å². The number of nitrogens with two attached hydrogens (primary N) is 1. The van der Waals surface area contributed by atoms with Gasteiger partial charge >= 0.3 is 17.9 Å². The lowest BCUT2D eigenvalue weighted by atomic mass is 10.1. The minimum atomic E-state index is -1.60. The molecule has 0 saturated heterocycles. The molecule has 0 bridgehead atoms. The molecule has 8 N–H and O–H groups in total. The zero-order chi connectivity index (χ0) is 21.9. The fourth-order valence-electron chi connectivity index (χ4n) is 1.84. The molecule has 0 saturated carbocycles. The van der Waals surface area contributed by atoms with Gasteiger partial charge in [0.1, 0.15) is 18.6 Å². The van der Waals surface area contributed by atoms with E-state index in [1.807, 2.05) is 5.32 Å². The zero-order valence-corrected chi connectivity index (χ0v) is 15.5. The standard InChI is InChI=1S/C14H22N4O9S/c15-6(5-28)12(25)18-8(3-10(21)22)14(27)17-7(1-2-9(19)20)13(26)16-4-11(23)24/h6-8,28H,1-5,15H2,(H,16,26)(H,17,27)(H,18,25)(H,19,20)(H,21,22)(H,23,24). The first kappa shape index (κ1) is 25.1. The van der Waals surface area contributed by atoms with Crippen molar-refractivity contribution in [1.29, 1.82) is 0 Å². The van der Waals surface area contributed by atoms with E-state index in [1.54, 1.807) is 0 Å². The van der Waals surface area contributed by atoms with Gasteiger partial charge in [0.2, 0.25) is 17.7 Å². The summed E-state index contributed by atoms with van der Waals surface area (Å²) in [4.78, 5) is 68.3. The van der Waals surface area contributed by atoms with E-state index in [4.69, 9.17) is 21.1 Å². The highest BCUT2D eigenvalue weighted by Gasteiger charge is 2.29. The molecule has 13 nitrogen and oxygen atoms in total. The molecule has 158 valence electrons. The van der Waals surface area contributed by atoms with Crippen molar-refractivity contribution >= 4 is 48.3 Å². The van der Waals surface area contributed by atoms with Crippen LogP contribution in [0.3, 0.4) is 0 Å². The molecule has 0 aromatic heterocycles. The number of nitrogens with one attached hydrogen (secondary N) is 3. The Kier molecular flexibility index (Phi) is 11.2. The number of carboxylic acids is 3. The number of rotatable bonds is 13. The van der Waals surface area contributed by atoms with E-state index in [9.17, 15) is 28.8 Å². The van der Waals surface area contributed by atoms with Crippen molar-refractivity contribution in [3.8, 4) is 0 Å². The summed E-state index contributed by atoms with van der Waals surface area (Å²) >= 11 is 3.81. The fourth-order valence-corrected chi connectivity index (χ4v) is 2.01. The average Bonchev–Trinajstić information content (AvgIpc) is 2.60. The molecule has 3 atom stereocenters. The Bertz CT molecular complexity index is 628. The number of thiol groups is 1. The van der Waals surface area contributed by atoms with E-state index in [0.29, 0.717) is 0 Å². The number of aliphatic carboxylic acids is 3. The van der Waals surface area contributed by atoms with E-state index >= 15 is 0 Å². The molecule has 0 fully saturated rings. The zero-order valence-electron chi connectivity index (χ0n) is 14.6. The van der Waals surface area contributed by atoms with Gasteiger partial charge in [0.05, 0.1) is 12.5 Å². The maximum Gasteiger partial charge on any atom is 0.322 e. The summed E-state index contributed by atoms with van der Waals surface area (Å²) in [6, 6.07) is -4.18. The minimum Gasteiger partial charge on any atom is -0.481 e. The molecule has 3 amide bonds. The number of amides is 3. The third kappa shape index (κ3) is 10.3. The van der Waals surface area contributed by atoms with Crippen LogP contribution in [-0.2, 0) is 28.8 Å². The number of carbonyl (C=O) groups excluding carboxylic acids is 3. The van der Waals surface area contributed by atoms with Gasteiger partial charge in [-0.05, 0) is 6.42 Å². The van der Waals surface area contributed by atoms with Crippen molar-refractivity contribution < 1.29 is 44.1 Å². The first-order valence-electron chi connectivity index (χ1n) is 7.88. The van der Waals surface area contributed by atoms with E-state index in [-0.39, 0.29) is 5.75 Å². The largest absolute Gasteiger partial charge is 0.481 e. The summed E-state index contributed by atoms with van der Waals surface area (Å²) in [7, 11) is 0. The van der Waals surface area contributed by atoms with Crippen molar-refractivity contribution in [2.24, 2.45) is 5.73 Å². The molecule has 0 heterocycles. The lowest BCUT2D eigenvalue weighted by Gasteiger charge is -2.22. The van der Waals surface area contributed by atoms with Gasteiger partial charge in [0.15, 0.2) is 0 Å². The predicted octanol–water partition coefficient (Wildman–Crippen LogP) is -3.25. The molecule has 3 unspecified atom stereocenters. The summed E-state index contributed by atoms with van der Waals surface area (Å²) in [5.41, 5.74) is 5.44. The molecule has 0 aliphatic carbocycles. The first-order chi connectivity index (χ1) is 13.0. The highest BCUT2D eigenvalue weighted by Crippen LogP contribution is 2.02. The van der Waals surface area contributed by atoms with Crippen LogP contribution < -0.4 is 21.7 Å². The Morgan fingerprint density at radius 3 is 1.86 bits per heavy atom. The maximum atomic E-state index is 12.3. The van der Waals surface area contributed by atoms with Crippen LogP contribution in [0.2, 0.25) is 0 Å². The van der Waals surface area contributed by atoms with Crippen molar-refractivity contribution in [2.75, 3.05) is 12.3 Å². The molecule has 28 heavy (non-hydrogen) atoms. The van der Waals surface area contributed by atoms with Crippen LogP contribution in [0.5, 0.6) is 0 Å². The molecule has 14 heteroatoms. The van der Waals surface area contributed by atoms with Crippen molar-refractivity contribution in [2.45, 2.75) is 37.4 Å². The lowest BCUT2D eigenvalue weighted by Crippen LogP contribution is -2.56. The molecular weight excluding hydrogens is 400 g/mol. The summed E-state index contributed by atoms with van der Waals surface area (Å²) in [6.45, 7) is -0.773. The Hall–Kier alpha value is -2.87. The molecule has 0 radical (unpaired) electrons. The van der Waals surface area contributed by atoms with E-state index in [1.165, 1.54) is 0 Å². The second-order valence-electron chi connectivity index (χ2n) is 5.55. The Balaban J connectivity index is 5.26. The van der Waals surface area contributed by atoms with Crippen LogP contribution in [-0.4, -0.2) is 81.4 Å². The number of carbonyl (C=O) groups is 6. The molecule has 0 aliphatic rings. The molecule has 0 aromatic carbocycles. The van der Waals surface area contributed by atoms with Gasteiger partial charge < -0.3 is 37.0 Å². The van der Waals surface area contributed by atoms with Crippen LogP contribution >= 0.6 is 12.6 Å². The number of hydrogen-bond acceptors (Lipinski definition) is 8. The minimum absolute atomic E-state index is 0.0773. The monoisotopic (exact) mass is 422 g/mol. The third-order valence-electron chi connectivity index (χ3n) is 3.24. The summed E-state index contributed by atoms with van der Waals surface area (Å²) in [5.74, 6) is -7.07. The summed E-state index contributed by atoms with van der Waals surface area (Å²) in [5, 5.41) is 32.4. The highest BCUT2D eigenvalue weighted by atomic mass is 32.1. The Labute approximate surface area is 164 Å². The smallest absolute Gasteiger partial charge is 0.322 e. The molecule has 0 spiro atoms. The lowest BCUT2D eigenvalue weighted by molar-refractivity contribution is -0.141. The van der Waals surface area contributed by atoms with Crippen LogP contribution in [0.1, 0.15) is 19.3 Å². The number of carboxylic acid groups (broad SMARTS) is 3. The van der Waals surface area contributed by atoms with Gasteiger partial charge in [-0.2, -0.15) is 12.6 Å². The van der Waals surface area contributed by atoms with E-state index in [0.717, 1.165) is 0 Å². The Morgan fingerprint density at radius 1 is 0.821 bits per heavy atom. The van der Waals surface area contributed by atoms with Gasteiger partial charge in [-0.1, -0.05) is 0 Å². The van der Waals surface area contributed by atoms with Crippen molar-refractivity contribution in [1.82, 2.24) is 16.0 Å². The van der Waals surface area contributed by atoms with Crippen LogP contribution in [0.15, 0.2) is 0 Å². The quantitative estimate of drug-likeness (QED) is 0.138. The predicted molar refractivity (Wildman–Crippen MR) is 95.5 cm³/mol. The second-order valence-corrected chi connectivity index (χ2v) is 5.92. The van der Waals surface area contributed by atoms with Gasteiger partial charge in [0, 0.05) is 12.2 Å². The first-order valence-corrected chi connectivity index (χ1v) is 8.51. The van der Waals surface area contributed by atoms with Crippen molar-refractivity contribution in [3.05, 3.63) is 0 Å². The van der Waals surface area contributed by atoms with Crippen LogP contribution in [0.4, 0.5) is 0 Å². The van der Waals surface area contributed by atoms with E-state index < -0.39 is 79.6 Å². The fraction of sp³-hybridized carbons (Fsp3) is 0.571. The van der Waals surface area contributed by atoms with Crippen molar-refractivity contribution in [3.63, 3.8) is 0 Å². The molecule has 0 aromatic rings. The second kappa shape index (κ2) is 12.5. The normalized spacial score (nSPS) is 13.5. The number of hydrogen-bond donors (Lipinski definition) is 8. The van der Waals surface area contributed by atoms with Crippen LogP contribution in [0, 0.1) is 0 Å². The highest BCUT2D eigenvalue weighted by molar-refractivity contribution is 7.80. The SMILES string of the molecule is NC(CS)C(=O)NC(CC(=O)O)C(=O)NC(CCC(=O)O)C(=O)NCC(=O)O. The molecule has 0 aliphatic heterocycles. The Morgan fingerprint density at radius 2 is 1.39 bits per heavy atom. The van der Waals surface area contributed by atoms with Crippen LogP contribution in [0.25, 0.3) is 0 Å². The van der Waals surface area contributed by atoms with Gasteiger partial charge in [0.25, 0.3) is 0 Å². The molecule has 0 rings (SSSR count). The third-order valence-corrected chi connectivity index (χ3v) is 3.63. The summed E-state index contributed by atoms with van der Waals surface area (Å²) in [6.07, 6.45) is -1.76. The molecular formula is C14H22N4O9S. The maximum absolute atomic E-state index is 12.3. The summed E-state index contributed by atoms with van der Waals surface area (Å²) < 4.78 is 0. The van der Waals surface area contributed by atoms with E-state index in [2.05, 4.69) is 23.3 Å². The topological polar surface area (TPSA) is 225 Å².